The molecule has 1 aliphatic heterocycles. The second-order valence-electron chi connectivity index (χ2n) is 7.23. The summed E-state index contributed by atoms with van der Waals surface area (Å²) in [6, 6.07) is 11.5. The molecule has 0 fully saturated rings. The molecule has 1 aromatic heterocycles. The van der Waals surface area contributed by atoms with Gasteiger partial charge in [-0.15, -0.1) is 0 Å². The van der Waals surface area contributed by atoms with Crippen molar-refractivity contribution < 1.29 is 18.7 Å². The summed E-state index contributed by atoms with van der Waals surface area (Å²) in [6.45, 7) is 4.38. The van der Waals surface area contributed by atoms with E-state index in [1.165, 1.54) is 29.2 Å². The highest BCUT2D eigenvalue weighted by Crippen LogP contribution is 2.37. The van der Waals surface area contributed by atoms with Gasteiger partial charge < -0.3 is 14.6 Å². The van der Waals surface area contributed by atoms with E-state index in [1.54, 1.807) is 13.1 Å². The number of carbonyl (C=O) groups excluding carboxylic acids is 2. The van der Waals surface area contributed by atoms with Crippen molar-refractivity contribution in [2.24, 2.45) is 0 Å². The Labute approximate surface area is 187 Å². The number of rotatable bonds is 3. The summed E-state index contributed by atoms with van der Waals surface area (Å²) in [5.74, 6) is -1.24. The van der Waals surface area contributed by atoms with Crippen LogP contribution in [0.4, 0.5) is 4.39 Å². The van der Waals surface area contributed by atoms with Gasteiger partial charge >= 0.3 is 5.97 Å². The number of hydrogen-bond donors (Lipinski definition) is 1. The summed E-state index contributed by atoms with van der Waals surface area (Å²) in [7, 11) is 0. The molecule has 0 bridgehead atoms. The van der Waals surface area contributed by atoms with Crippen LogP contribution >= 0.6 is 22.6 Å². The number of carbonyl (C=O) groups is 2. The zero-order valence-corrected chi connectivity index (χ0v) is 18.7. The van der Waals surface area contributed by atoms with Crippen molar-refractivity contribution in [2.45, 2.75) is 19.8 Å². The van der Waals surface area contributed by atoms with Gasteiger partial charge in [0.1, 0.15) is 5.82 Å². The van der Waals surface area contributed by atoms with E-state index < -0.39 is 11.8 Å². The summed E-state index contributed by atoms with van der Waals surface area (Å²) in [6.07, 6.45) is 1.55. The van der Waals surface area contributed by atoms with Crippen molar-refractivity contribution in [2.75, 3.05) is 13.2 Å². The number of fused-ring (bicyclic) bond motifs is 3. The topological polar surface area (TPSA) is 62.4 Å². The van der Waals surface area contributed by atoms with E-state index in [9.17, 15) is 14.0 Å². The number of nitrogens with zero attached hydrogens (tertiary/aromatic N) is 1. The van der Waals surface area contributed by atoms with Crippen LogP contribution in [0.25, 0.3) is 16.5 Å². The molecule has 2 aromatic carbocycles. The van der Waals surface area contributed by atoms with Gasteiger partial charge in [0.15, 0.2) is 0 Å². The zero-order valence-electron chi connectivity index (χ0n) is 16.5. The molecule has 1 N–H and O–H groups in total. The maximum atomic E-state index is 13.3. The van der Waals surface area contributed by atoms with Gasteiger partial charge in [-0.3, -0.25) is 4.79 Å². The molecule has 2 heterocycles. The molecule has 1 unspecified atom stereocenters. The summed E-state index contributed by atoms with van der Waals surface area (Å²) in [5, 5.41) is 1.02. The van der Waals surface area contributed by atoms with E-state index in [-0.39, 0.29) is 18.4 Å². The van der Waals surface area contributed by atoms with Crippen molar-refractivity contribution >= 4 is 50.9 Å². The first kappa shape index (κ1) is 20.6. The largest absolute Gasteiger partial charge is 0.462 e. The van der Waals surface area contributed by atoms with Crippen LogP contribution in [0.3, 0.4) is 0 Å². The minimum absolute atomic E-state index is 0.0404. The Morgan fingerprint density at radius 1 is 1.23 bits per heavy atom. The summed E-state index contributed by atoms with van der Waals surface area (Å²) >= 11 is 2.25. The third-order valence-corrected chi connectivity index (χ3v) is 5.84. The first-order valence-corrected chi connectivity index (χ1v) is 10.7. The van der Waals surface area contributed by atoms with Gasteiger partial charge in [-0.2, -0.15) is 0 Å². The Morgan fingerprint density at radius 3 is 2.67 bits per heavy atom. The van der Waals surface area contributed by atoms with Crippen LogP contribution in [0.15, 0.2) is 48.7 Å². The highest BCUT2D eigenvalue weighted by atomic mass is 127. The first-order chi connectivity index (χ1) is 14.4. The maximum absolute atomic E-state index is 13.3. The normalized spacial score (nSPS) is 16.1. The summed E-state index contributed by atoms with van der Waals surface area (Å²) in [4.78, 5) is 30.8. The highest BCUT2D eigenvalue weighted by molar-refractivity contribution is 14.1. The molecular weight excluding hydrogens is 498 g/mol. The van der Waals surface area contributed by atoms with Crippen LogP contribution in [-0.2, 0) is 9.53 Å². The fourth-order valence-corrected chi connectivity index (χ4v) is 4.33. The molecule has 1 aliphatic rings. The Hall–Kier alpha value is -2.68. The van der Waals surface area contributed by atoms with Crippen LogP contribution in [0, 0.1) is 9.39 Å². The number of H-pyrrole nitrogens is 1. The molecule has 1 atom stereocenters. The number of hydrogen-bond acceptors (Lipinski definition) is 3. The molecule has 0 spiro atoms. The fourth-order valence-electron chi connectivity index (χ4n) is 3.84. The first-order valence-electron chi connectivity index (χ1n) is 9.66. The number of aromatic amines is 1. The molecule has 4 rings (SSSR count). The molecule has 30 heavy (non-hydrogen) atoms. The van der Waals surface area contributed by atoms with Crippen LogP contribution in [0.2, 0.25) is 0 Å². The van der Waals surface area contributed by atoms with E-state index in [0.717, 1.165) is 20.0 Å². The Balaban J connectivity index is 1.85. The molecule has 0 saturated carbocycles. The maximum Gasteiger partial charge on any atom is 0.341 e. The Bertz CT molecular complexity index is 1170. The molecule has 154 valence electrons. The van der Waals surface area contributed by atoms with Crippen molar-refractivity contribution in [1.82, 2.24) is 9.88 Å². The third kappa shape index (κ3) is 3.74. The lowest BCUT2D eigenvalue weighted by Crippen LogP contribution is -2.29. The number of esters is 1. The van der Waals surface area contributed by atoms with Crippen molar-refractivity contribution in [3.8, 4) is 0 Å². The lowest BCUT2D eigenvalue weighted by molar-refractivity contribution is -0.136. The summed E-state index contributed by atoms with van der Waals surface area (Å²) < 4.78 is 19.6. The van der Waals surface area contributed by atoms with Crippen molar-refractivity contribution in [1.29, 1.82) is 0 Å². The number of halogens is 2. The minimum atomic E-state index is -0.494. The molecule has 3 aromatic rings. The predicted octanol–water partition coefficient (Wildman–Crippen LogP) is 5.08. The predicted molar refractivity (Wildman–Crippen MR) is 121 cm³/mol. The van der Waals surface area contributed by atoms with Gasteiger partial charge in [0.05, 0.1) is 17.9 Å². The van der Waals surface area contributed by atoms with Gasteiger partial charge in [0.2, 0.25) is 0 Å². The SMILES string of the molecule is CCOC(=O)C1=CN(C(=O)c2ccc(F)cc2)CC(C)c2c1[nH]c1cc(I)ccc21. The number of amides is 1. The standard InChI is InChI=1S/C23H20FIN2O3/c1-3-30-23(29)18-12-27(22(28)14-4-6-15(24)7-5-14)11-13(2)20-17-9-8-16(25)10-19(17)26-21(18)20/h4-10,12-13,26H,3,11H2,1-2H3. The van der Waals surface area contributed by atoms with Crippen LogP contribution in [-0.4, -0.2) is 34.9 Å². The van der Waals surface area contributed by atoms with E-state index in [0.29, 0.717) is 23.4 Å². The average molecular weight is 518 g/mol. The lowest BCUT2D eigenvalue weighted by Gasteiger charge is -2.21. The Morgan fingerprint density at radius 2 is 1.97 bits per heavy atom. The minimum Gasteiger partial charge on any atom is -0.462 e. The van der Waals surface area contributed by atoms with Gasteiger partial charge in [0, 0.05) is 38.7 Å². The molecule has 0 radical (unpaired) electrons. The smallest absolute Gasteiger partial charge is 0.341 e. The monoisotopic (exact) mass is 518 g/mol. The third-order valence-electron chi connectivity index (χ3n) is 5.17. The Kier molecular flexibility index (Phi) is 5.64. The molecule has 1 amide bonds. The number of aromatic nitrogens is 1. The number of nitrogens with one attached hydrogen (secondary N) is 1. The van der Waals surface area contributed by atoms with Gasteiger partial charge in [-0.25, -0.2) is 9.18 Å². The molecular formula is C23H20FIN2O3. The molecule has 0 aliphatic carbocycles. The van der Waals surface area contributed by atoms with E-state index >= 15 is 0 Å². The average Bonchev–Trinajstić information content (AvgIpc) is 3.02. The van der Waals surface area contributed by atoms with Crippen LogP contribution in [0.5, 0.6) is 0 Å². The second kappa shape index (κ2) is 8.22. The number of ether oxygens (including phenoxy) is 1. The van der Waals surface area contributed by atoms with E-state index in [2.05, 4.69) is 27.6 Å². The molecule has 5 nitrogen and oxygen atoms in total. The van der Waals surface area contributed by atoms with E-state index in [4.69, 9.17) is 4.74 Å². The zero-order chi connectivity index (χ0) is 21.4. The van der Waals surface area contributed by atoms with Crippen LogP contribution < -0.4 is 0 Å². The quantitative estimate of drug-likeness (QED) is 0.389. The van der Waals surface area contributed by atoms with Crippen LogP contribution in [0.1, 0.15) is 41.4 Å². The van der Waals surface area contributed by atoms with Crippen molar-refractivity contribution in [3.63, 3.8) is 0 Å². The second-order valence-corrected chi connectivity index (χ2v) is 8.48. The fraction of sp³-hybridized carbons (Fsp3) is 0.217. The molecule has 7 heteroatoms. The van der Waals surface area contributed by atoms with Crippen molar-refractivity contribution in [3.05, 3.63) is 74.9 Å². The van der Waals surface area contributed by atoms with E-state index in [1.807, 2.05) is 25.1 Å². The number of benzene rings is 2. The lowest BCUT2D eigenvalue weighted by atomic mass is 9.96. The van der Waals surface area contributed by atoms with Gasteiger partial charge in [-0.1, -0.05) is 13.0 Å². The summed E-state index contributed by atoms with van der Waals surface area (Å²) in [5.41, 5.74) is 3.25. The molecule has 0 saturated heterocycles. The van der Waals surface area contributed by atoms with Gasteiger partial charge in [-0.05, 0) is 71.5 Å². The van der Waals surface area contributed by atoms with Gasteiger partial charge in [0.25, 0.3) is 5.91 Å². The highest BCUT2D eigenvalue weighted by Gasteiger charge is 2.31.